The number of amides is 1. The highest BCUT2D eigenvalue weighted by atomic mass is 35.5. The van der Waals surface area contributed by atoms with E-state index in [9.17, 15) is 13.2 Å². The molecule has 1 unspecified atom stereocenters. The number of nitrogens with one attached hydrogen (secondary N) is 1. The van der Waals surface area contributed by atoms with Crippen molar-refractivity contribution < 1.29 is 22.5 Å². The van der Waals surface area contributed by atoms with Gasteiger partial charge in [-0.15, -0.1) is 0 Å². The van der Waals surface area contributed by atoms with Gasteiger partial charge < -0.3 is 14.6 Å². The molecule has 34 heavy (non-hydrogen) atoms. The molecule has 10 heteroatoms. The molecule has 0 bridgehead atoms. The smallest absolute Gasteiger partial charge is 0.273 e. The monoisotopic (exact) mass is 503 g/mol. The zero-order valence-electron chi connectivity index (χ0n) is 18.7. The number of carbonyl (C=O) groups is 1. The maximum atomic E-state index is 12.8. The third kappa shape index (κ3) is 5.67. The molecule has 2 heterocycles. The lowest BCUT2D eigenvalue weighted by atomic mass is 10.0. The first-order valence-electron chi connectivity index (χ1n) is 11.0. The summed E-state index contributed by atoms with van der Waals surface area (Å²) < 4.78 is 34.8. The molecule has 0 saturated carbocycles. The van der Waals surface area contributed by atoms with Gasteiger partial charge in [0.15, 0.2) is 21.3 Å². The van der Waals surface area contributed by atoms with E-state index in [1.54, 1.807) is 25.1 Å². The van der Waals surface area contributed by atoms with Crippen LogP contribution in [-0.2, 0) is 14.6 Å². The SMILES string of the molecule is CCS(=O)(=O)c1ccc(-c2cc(C(=O)NCC(c3ccc(Cl)cc3)N3CCOCC3)no2)cc1. The molecule has 1 aromatic heterocycles. The normalized spacial score (nSPS) is 15.7. The number of nitrogens with zero attached hydrogens (tertiary/aromatic N) is 2. The van der Waals surface area contributed by atoms with Crippen molar-refractivity contribution in [2.45, 2.75) is 17.9 Å². The standard InChI is InChI=1S/C24H26ClN3O5S/c1-2-34(30,31)20-9-5-18(6-10-20)23-15-21(27-33-23)24(29)26-16-22(28-11-13-32-14-12-28)17-3-7-19(25)8-4-17/h3-10,15,22H,2,11-14,16H2,1H3,(H,26,29). The first kappa shape index (κ1) is 24.4. The molecule has 3 aromatic rings. The fourth-order valence-corrected chi connectivity index (χ4v) is 4.83. The van der Waals surface area contributed by atoms with Crippen LogP contribution in [0.1, 0.15) is 29.0 Å². The summed E-state index contributed by atoms with van der Waals surface area (Å²) in [5.41, 5.74) is 1.83. The fraction of sp³-hybridized carbons (Fsp3) is 0.333. The van der Waals surface area contributed by atoms with Gasteiger partial charge in [-0.05, 0) is 42.0 Å². The van der Waals surface area contributed by atoms with Gasteiger partial charge in [-0.25, -0.2) is 8.42 Å². The van der Waals surface area contributed by atoms with Crippen molar-refractivity contribution >= 4 is 27.3 Å². The molecule has 1 N–H and O–H groups in total. The Hall–Kier alpha value is -2.72. The average Bonchev–Trinajstić information content (AvgIpc) is 3.36. The van der Waals surface area contributed by atoms with Gasteiger partial charge in [0.05, 0.1) is 29.9 Å². The van der Waals surface area contributed by atoms with Gasteiger partial charge in [0.2, 0.25) is 0 Å². The quantitative estimate of drug-likeness (QED) is 0.501. The zero-order chi connectivity index (χ0) is 24.1. The molecule has 2 aromatic carbocycles. The topological polar surface area (TPSA) is 102 Å². The highest BCUT2D eigenvalue weighted by Gasteiger charge is 2.24. The average molecular weight is 504 g/mol. The Morgan fingerprint density at radius 1 is 1.12 bits per heavy atom. The summed E-state index contributed by atoms with van der Waals surface area (Å²) in [6, 6.07) is 15.4. The molecule has 1 aliphatic heterocycles. The van der Waals surface area contributed by atoms with Gasteiger partial charge in [0, 0.05) is 36.3 Å². The van der Waals surface area contributed by atoms with E-state index >= 15 is 0 Å². The van der Waals surface area contributed by atoms with Crippen LogP contribution in [-0.4, -0.2) is 63.0 Å². The fourth-order valence-electron chi connectivity index (χ4n) is 3.82. The maximum absolute atomic E-state index is 12.8. The molecule has 4 rings (SSSR count). The van der Waals surface area contributed by atoms with E-state index < -0.39 is 9.84 Å². The summed E-state index contributed by atoms with van der Waals surface area (Å²) in [6.45, 7) is 4.79. The molecule has 8 nitrogen and oxygen atoms in total. The second kappa shape index (κ2) is 10.7. The molecule has 1 atom stereocenters. The number of sulfone groups is 1. The Kier molecular flexibility index (Phi) is 7.67. The number of ether oxygens (including phenoxy) is 1. The predicted octanol–water partition coefficient (Wildman–Crippen LogP) is 3.59. The predicted molar refractivity (Wildman–Crippen MR) is 129 cm³/mol. The number of hydrogen-bond acceptors (Lipinski definition) is 7. The number of benzene rings is 2. The van der Waals surface area contributed by atoms with E-state index in [1.165, 1.54) is 12.1 Å². The van der Waals surface area contributed by atoms with E-state index in [2.05, 4.69) is 15.4 Å². The molecule has 0 spiro atoms. The van der Waals surface area contributed by atoms with Crippen LogP contribution in [0.15, 0.2) is 64.0 Å². The lowest BCUT2D eigenvalue weighted by molar-refractivity contribution is 0.0162. The molecule has 1 saturated heterocycles. The molecular weight excluding hydrogens is 478 g/mol. The molecular formula is C24H26ClN3O5S. The number of hydrogen-bond donors (Lipinski definition) is 1. The van der Waals surface area contributed by atoms with Crippen molar-refractivity contribution in [3.05, 3.63) is 70.9 Å². The van der Waals surface area contributed by atoms with Crippen molar-refractivity contribution in [2.24, 2.45) is 0 Å². The molecule has 0 radical (unpaired) electrons. The Morgan fingerprint density at radius 2 is 1.79 bits per heavy atom. The lowest BCUT2D eigenvalue weighted by Gasteiger charge is -2.34. The third-order valence-corrected chi connectivity index (χ3v) is 7.82. The number of morpholine rings is 1. The van der Waals surface area contributed by atoms with Crippen molar-refractivity contribution in [2.75, 3.05) is 38.6 Å². The zero-order valence-corrected chi connectivity index (χ0v) is 20.3. The van der Waals surface area contributed by atoms with Crippen LogP contribution in [0.4, 0.5) is 0 Å². The van der Waals surface area contributed by atoms with E-state index in [0.717, 1.165) is 18.7 Å². The first-order valence-corrected chi connectivity index (χ1v) is 13.1. The van der Waals surface area contributed by atoms with Crippen LogP contribution in [0.5, 0.6) is 0 Å². The highest BCUT2D eigenvalue weighted by molar-refractivity contribution is 7.91. The van der Waals surface area contributed by atoms with E-state index in [1.807, 2.05) is 24.3 Å². The van der Waals surface area contributed by atoms with Gasteiger partial charge in [0.1, 0.15) is 0 Å². The number of carbonyl (C=O) groups excluding carboxylic acids is 1. The Bertz CT molecular complexity index is 1220. The summed E-state index contributed by atoms with van der Waals surface area (Å²) >= 11 is 6.05. The first-order chi connectivity index (χ1) is 16.4. The van der Waals surface area contributed by atoms with Crippen molar-refractivity contribution in [3.63, 3.8) is 0 Å². The molecule has 1 fully saturated rings. The largest absolute Gasteiger partial charge is 0.379 e. The van der Waals surface area contributed by atoms with Crippen LogP contribution >= 0.6 is 11.6 Å². The minimum atomic E-state index is -3.29. The summed E-state index contributed by atoms with van der Waals surface area (Å²) in [4.78, 5) is 15.3. The van der Waals surface area contributed by atoms with Gasteiger partial charge >= 0.3 is 0 Å². The molecule has 1 aliphatic rings. The Balaban J connectivity index is 1.45. The van der Waals surface area contributed by atoms with Crippen molar-refractivity contribution in [3.8, 4) is 11.3 Å². The molecule has 1 amide bonds. The van der Waals surface area contributed by atoms with Crippen LogP contribution < -0.4 is 5.32 Å². The number of halogens is 1. The number of aromatic nitrogens is 1. The van der Waals surface area contributed by atoms with Crippen LogP contribution in [0.2, 0.25) is 5.02 Å². The lowest BCUT2D eigenvalue weighted by Crippen LogP contribution is -2.43. The van der Waals surface area contributed by atoms with Gasteiger partial charge in [0.25, 0.3) is 5.91 Å². The number of rotatable bonds is 8. The Labute approximate surface area is 203 Å². The van der Waals surface area contributed by atoms with E-state index in [4.69, 9.17) is 20.9 Å². The summed E-state index contributed by atoms with van der Waals surface area (Å²) in [5.74, 6) is 0.0564. The van der Waals surface area contributed by atoms with Gasteiger partial charge in [-0.2, -0.15) is 0 Å². The van der Waals surface area contributed by atoms with Crippen LogP contribution in [0.25, 0.3) is 11.3 Å². The second-order valence-electron chi connectivity index (χ2n) is 7.93. The van der Waals surface area contributed by atoms with E-state index in [0.29, 0.717) is 36.1 Å². The minimum absolute atomic E-state index is 0.0282. The molecule has 180 valence electrons. The third-order valence-electron chi connectivity index (χ3n) is 5.82. The van der Waals surface area contributed by atoms with Gasteiger partial charge in [-0.3, -0.25) is 9.69 Å². The highest BCUT2D eigenvalue weighted by Crippen LogP contribution is 2.25. The van der Waals surface area contributed by atoms with Crippen LogP contribution in [0, 0.1) is 0 Å². The molecule has 0 aliphatic carbocycles. The van der Waals surface area contributed by atoms with Crippen molar-refractivity contribution in [1.82, 2.24) is 15.4 Å². The maximum Gasteiger partial charge on any atom is 0.273 e. The second-order valence-corrected chi connectivity index (χ2v) is 10.6. The van der Waals surface area contributed by atoms with Crippen molar-refractivity contribution in [1.29, 1.82) is 0 Å². The van der Waals surface area contributed by atoms with Crippen LogP contribution in [0.3, 0.4) is 0 Å². The summed E-state index contributed by atoms with van der Waals surface area (Å²) in [6.07, 6.45) is 0. The Morgan fingerprint density at radius 3 is 2.44 bits per heavy atom. The van der Waals surface area contributed by atoms with E-state index in [-0.39, 0.29) is 28.3 Å². The summed E-state index contributed by atoms with van der Waals surface area (Å²) in [5, 5.41) is 7.51. The summed E-state index contributed by atoms with van der Waals surface area (Å²) in [7, 11) is -3.29. The minimum Gasteiger partial charge on any atom is -0.379 e. The van der Waals surface area contributed by atoms with Gasteiger partial charge in [-0.1, -0.05) is 35.8 Å².